The first-order chi connectivity index (χ1) is 8.31. The van der Waals surface area contributed by atoms with Crippen molar-refractivity contribution in [3.63, 3.8) is 0 Å². The van der Waals surface area contributed by atoms with Crippen molar-refractivity contribution >= 4 is 11.7 Å². The first-order valence-electron chi connectivity index (χ1n) is 5.20. The number of H-pyrrole nitrogens is 1. The number of aromatic amines is 1. The van der Waals surface area contributed by atoms with Crippen LogP contribution in [0.4, 0.5) is 5.69 Å². The Kier molecular flexibility index (Phi) is 3.40. The highest BCUT2D eigenvalue weighted by molar-refractivity contribution is 5.95. The molecule has 5 heteroatoms. The van der Waals surface area contributed by atoms with Crippen LogP contribution in [0.5, 0.6) is 0 Å². The lowest BCUT2D eigenvalue weighted by molar-refractivity contribution is 0.0602. The predicted octanol–water partition coefficient (Wildman–Crippen LogP) is 1.81. The van der Waals surface area contributed by atoms with Gasteiger partial charge in [0.2, 0.25) is 0 Å². The van der Waals surface area contributed by atoms with E-state index in [0.29, 0.717) is 12.1 Å². The Labute approximate surface area is 98.8 Å². The van der Waals surface area contributed by atoms with E-state index in [4.69, 9.17) is 4.74 Å². The average molecular weight is 231 g/mol. The number of nitrogens with zero attached hydrogens (tertiary/aromatic N) is 1. The summed E-state index contributed by atoms with van der Waals surface area (Å²) in [5, 5.41) is 9.85. The third-order valence-corrected chi connectivity index (χ3v) is 2.36. The second kappa shape index (κ2) is 5.16. The molecule has 0 radical (unpaired) electrons. The van der Waals surface area contributed by atoms with Crippen LogP contribution in [0.25, 0.3) is 0 Å². The fourth-order valence-electron chi connectivity index (χ4n) is 1.50. The van der Waals surface area contributed by atoms with Gasteiger partial charge in [0.15, 0.2) is 0 Å². The number of para-hydroxylation sites is 1. The molecule has 0 spiro atoms. The van der Waals surface area contributed by atoms with Gasteiger partial charge in [0.25, 0.3) is 0 Å². The monoisotopic (exact) mass is 231 g/mol. The second-order valence-electron chi connectivity index (χ2n) is 3.47. The van der Waals surface area contributed by atoms with Crippen molar-refractivity contribution in [3.05, 3.63) is 47.8 Å². The van der Waals surface area contributed by atoms with Gasteiger partial charge in [-0.25, -0.2) is 4.79 Å². The Morgan fingerprint density at radius 1 is 1.41 bits per heavy atom. The van der Waals surface area contributed by atoms with Gasteiger partial charge in [0.05, 0.1) is 24.9 Å². The van der Waals surface area contributed by atoms with Crippen LogP contribution in [0.1, 0.15) is 16.1 Å². The standard InChI is InChI=1S/C12H13N3O2/c1-17-12(16)10-4-2-3-5-11(10)13-8-9-6-7-14-15-9/h2-7,13H,8H2,1H3,(H,14,15). The maximum absolute atomic E-state index is 11.5. The minimum absolute atomic E-state index is 0.349. The normalized spacial score (nSPS) is 9.94. The Balaban J connectivity index is 2.12. The van der Waals surface area contributed by atoms with Crippen molar-refractivity contribution in [1.29, 1.82) is 0 Å². The topological polar surface area (TPSA) is 67.0 Å². The molecule has 2 aromatic rings. The number of carbonyl (C=O) groups is 1. The van der Waals surface area contributed by atoms with Crippen molar-refractivity contribution in [1.82, 2.24) is 10.2 Å². The summed E-state index contributed by atoms with van der Waals surface area (Å²) in [7, 11) is 1.37. The van der Waals surface area contributed by atoms with E-state index < -0.39 is 0 Å². The summed E-state index contributed by atoms with van der Waals surface area (Å²) in [6.45, 7) is 0.577. The quantitative estimate of drug-likeness (QED) is 0.787. The molecule has 0 saturated carbocycles. The molecule has 1 heterocycles. The van der Waals surface area contributed by atoms with E-state index in [-0.39, 0.29) is 5.97 Å². The number of hydrogen-bond donors (Lipinski definition) is 2. The smallest absolute Gasteiger partial charge is 0.339 e. The number of methoxy groups -OCH3 is 1. The van der Waals surface area contributed by atoms with E-state index >= 15 is 0 Å². The maximum Gasteiger partial charge on any atom is 0.339 e. The minimum Gasteiger partial charge on any atom is -0.465 e. The van der Waals surface area contributed by atoms with E-state index in [9.17, 15) is 4.79 Å². The van der Waals surface area contributed by atoms with Crippen LogP contribution < -0.4 is 5.32 Å². The van der Waals surface area contributed by atoms with Crippen LogP contribution in [-0.2, 0) is 11.3 Å². The fraction of sp³-hybridized carbons (Fsp3) is 0.167. The number of ether oxygens (including phenoxy) is 1. The molecular weight excluding hydrogens is 218 g/mol. The van der Waals surface area contributed by atoms with Crippen molar-refractivity contribution in [2.75, 3.05) is 12.4 Å². The highest BCUT2D eigenvalue weighted by Gasteiger charge is 2.10. The third kappa shape index (κ3) is 2.63. The van der Waals surface area contributed by atoms with E-state index in [1.165, 1.54) is 7.11 Å². The molecule has 0 unspecified atom stereocenters. The number of benzene rings is 1. The van der Waals surface area contributed by atoms with Crippen LogP contribution in [0, 0.1) is 0 Å². The molecule has 1 aromatic heterocycles. The first kappa shape index (κ1) is 11.2. The van der Waals surface area contributed by atoms with Gasteiger partial charge in [-0.15, -0.1) is 0 Å². The van der Waals surface area contributed by atoms with Crippen LogP contribution in [-0.4, -0.2) is 23.3 Å². The van der Waals surface area contributed by atoms with E-state index in [2.05, 4.69) is 15.5 Å². The Hall–Kier alpha value is -2.30. The molecule has 0 fully saturated rings. The molecule has 0 aliphatic rings. The summed E-state index contributed by atoms with van der Waals surface area (Å²) in [6, 6.07) is 9.09. The average Bonchev–Trinajstić information content (AvgIpc) is 2.89. The van der Waals surface area contributed by atoms with Crippen molar-refractivity contribution in [2.24, 2.45) is 0 Å². The van der Waals surface area contributed by atoms with Crippen LogP contribution in [0.3, 0.4) is 0 Å². The van der Waals surface area contributed by atoms with Gasteiger partial charge < -0.3 is 10.1 Å². The van der Waals surface area contributed by atoms with Crippen molar-refractivity contribution in [3.8, 4) is 0 Å². The summed E-state index contributed by atoms with van der Waals surface area (Å²) in [4.78, 5) is 11.5. The molecule has 0 saturated heterocycles. The Morgan fingerprint density at radius 3 is 2.94 bits per heavy atom. The number of carbonyl (C=O) groups excluding carboxylic acids is 1. The van der Waals surface area contributed by atoms with Crippen LogP contribution in [0.15, 0.2) is 36.5 Å². The van der Waals surface area contributed by atoms with Gasteiger partial charge in [-0.1, -0.05) is 12.1 Å². The zero-order chi connectivity index (χ0) is 12.1. The zero-order valence-electron chi connectivity index (χ0n) is 9.43. The van der Waals surface area contributed by atoms with Gasteiger partial charge in [0.1, 0.15) is 0 Å². The summed E-state index contributed by atoms with van der Waals surface area (Å²) in [6.07, 6.45) is 1.68. The summed E-state index contributed by atoms with van der Waals surface area (Å²) < 4.78 is 4.71. The highest BCUT2D eigenvalue weighted by Crippen LogP contribution is 2.16. The molecule has 88 valence electrons. The van der Waals surface area contributed by atoms with E-state index in [0.717, 1.165) is 11.4 Å². The predicted molar refractivity (Wildman–Crippen MR) is 63.7 cm³/mol. The highest BCUT2D eigenvalue weighted by atomic mass is 16.5. The van der Waals surface area contributed by atoms with Gasteiger partial charge in [0, 0.05) is 11.9 Å². The molecule has 0 aliphatic heterocycles. The van der Waals surface area contributed by atoms with Crippen LogP contribution in [0.2, 0.25) is 0 Å². The van der Waals surface area contributed by atoms with Gasteiger partial charge in [-0.2, -0.15) is 5.10 Å². The van der Waals surface area contributed by atoms with Gasteiger partial charge >= 0.3 is 5.97 Å². The molecule has 2 rings (SSSR count). The number of aromatic nitrogens is 2. The summed E-state index contributed by atoms with van der Waals surface area (Å²) >= 11 is 0. The van der Waals surface area contributed by atoms with E-state index in [1.807, 2.05) is 18.2 Å². The lowest BCUT2D eigenvalue weighted by atomic mass is 10.2. The van der Waals surface area contributed by atoms with Gasteiger partial charge in [-0.3, -0.25) is 5.10 Å². The SMILES string of the molecule is COC(=O)c1ccccc1NCc1ccn[nH]1. The molecule has 0 amide bonds. The molecular formula is C12H13N3O2. The molecule has 0 atom stereocenters. The lowest BCUT2D eigenvalue weighted by Crippen LogP contribution is -2.08. The van der Waals surface area contributed by atoms with Crippen molar-refractivity contribution in [2.45, 2.75) is 6.54 Å². The molecule has 0 bridgehead atoms. The zero-order valence-corrected chi connectivity index (χ0v) is 9.43. The maximum atomic E-state index is 11.5. The molecule has 0 aliphatic carbocycles. The number of anilines is 1. The number of nitrogens with one attached hydrogen (secondary N) is 2. The third-order valence-electron chi connectivity index (χ3n) is 2.36. The molecule has 2 N–H and O–H groups in total. The Morgan fingerprint density at radius 2 is 2.24 bits per heavy atom. The number of rotatable bonds is 4. The fourth-order valence-corrected chi connectivity index (χ4v) is 1.50. The van der Waals surface area contributed by atoms with Crippen molar-refractivity contribution < 1.29 is 9.53 Å². The number of hydrogen-bond acceptors (Lipinski definition) is 4. The summed E-state index contributed by atoms with van der Waals surface area (Å²) in [5.74, 6) is -0.349. The van der Waals surface area contributed by atoms with E-state index in [1.54, 1.807) is 18.3 Å². The molecule has 17 heavy (non-hydrogen) atoms. The second-order valence-corrected chi connectivity index (χ2v) is 3.47. The minimum atomic E-state index is -0.349. The summed E-state index contributed by atoms with van der Waals surface area (Å²) in [5.41, 5.74) is 2.22. The lowest BCUT2D eigenvalue weighted by Gasteiger charge is -2.09. The van der Waals surface area contributed by atoms with Gasteiger partial charge in [-0.05, 0) is 18.2 Å². The molecule has 5 nitrogen and oxygen atoms in total. The van der Waals surface area contributed by atoms with Crippen LogP contribution >= 0.6 is 0 Å². The Bertz CT molecular complexity index is 494. The molecule has 1 aromatic carbocycles. The largest absolute Gasteiger partial charge is 0.465 e. The first-order valence-corrected chi connectivity index (χ1v) is 5.20. The number of esters is 1.